The van der Waals surface area contributed by atoms with E-state index in [1.54, 1.807) is 0 Å². The SMILES string of the molecule is C=CCCOc1cccc(Cl)c1CCN. The Kier molecular flexibility index (Phi) is 5.22. The minimum atomic E-state index is 0.571. The third kappa shape index (κ3) is 3.57. The van der Waals surface area contributed by atoms with Crippen LogP contribution < -0.4 is 10.5 Å². The lowest BCUT2D eigenvalue weighted by Gasteiger charge is -2.11. The van der Waals surface area contributed by atoms with Gasteiger partial charge in [-0.2, -0.15) is 0 Å². The van der Waals surface area contributed by atoms with Crippen molar-refractivity contribution < 1.29 is 4.74 Å². The molecule has 82 valence electrons. The summed E-state index contributed by atoms with van der Waals surface area (Å²) < 4.78 is 5.60. The topological polar surface area (TPSA) is 35.2 Å². The summed E-state index contributed by atoms with van der Waals surface area (Å²) in [7, 11) is 0. The van der Waals surface area contributed by atoms with E-state index in [1.807, 2.05) is 24.3 Å². The minimum absolute atomic E-state index is 0.571. The van der Waals surface area contributed by atoms with Crippen molar-refractivity contribution in [3.63, 3.8) is 0 Å². The van der Waals surface area contributed by atoms with Crippen LogP contribution in [0.15, 0.2) is 30.9 Å². The summed E-state index contributed by atoms with van der Waals surface area (Å²) in [5.74, 6) is 0.829. The monoisotopic (exact) mass is 225 g/mol. The van der Waals surface area contributed by atoms with Gasteiger partial charge in [0.25, 0.3) is 0 Å². The third-order valence-electron chi connectivity index (χ3n) is 2.05. The number of rotatable bonds is 6. The first kappa shape index (κ1) is 12.1. The molecule has 0 aliphatic heterocycles. The van der Waals surface area contributed by atoms with Gasteiger partial charge in [-0.05, 0) is 31.5 Å². The molecule has 0 aliphatic rings. The Morgan fingerprint density at radius 3 is 2.93 bits per heavy atom. The van der Waals surface area contributed by atoms with Gasteiger partial charge in [-0.1, -0.05) is 23.7 Å². The molecule has 0 saturated heterocycles. The maximum atomic E-state index is 6.07. The zero-order chi connectivity index (χ0) is 11.1. The van der Waals surface area contributed by atoms with Gasteiger partial charge in [0.15, 0.2) is 0 Å². The van der Waals surface area contributed by atoms with E-state index in [0.717, 1.165) is 29.2 Å². The largest absolute Gasteiger partial charge is 0.493 e. The molecule has 0 unspecified atom stereocenters. The Hall–Kier alpha value is -0.990. The molecule has 0 saturated carbocycles. The third-order valence-corrected chi connectivity index (χ3v) is 2.40. The van der Waals surface area contributed by atoms with Crippen LogP contribution in [0.3, 0.4) is 0 Å². The molecule has 1 aromatic rings. The van der Waals surface area contributed by atoms with Crippen molar-refractivity contribution in [3.8, 4) is 5.75 Å². The second kappa shape index (κ2) is 6.49. The summed E-state index contributed by atoms with van der Waals surface area (Å²) in [6, 6.07) is 5.65. The van der Waals surface area contributed by atoms with Crippen LogP contribution in [-0.4, -0.2) is 13.2 Å². The van der Waals surface area contributed by atoms with E-state index in [9.17, 15) is 0 Å². The van der Waals surface area contributed by atoms with Gasteiger partial charge in [-0.3, -0.25) is 0 Å². The van der Waals surface area contributed by atoms with Gasteiger partial charge < -0.3 is 10.5 Å². The van der Waals surface area contributed by atoms with Gasteiger partial charge in [-0.25, -0.2) is 0 Å². The number of benzene rings is 1. The molecule has 0 bridgehead atoms. The average molecular weight is 226 g/mol. The highest BCUT2D eigenvalue weighted by atomic mass is 35.5. The first-order chi connectivity index (χ1) is 7.29. The van der Waals surface area contributed by atoms with Crippen LogP contribution in [0, 0.1) is 0 Å². The van der Waals surface area contributed by atoms with Gasteiger partial charge >= 0.3 is 0 Å². The fourth-order valence-corrected chi connectivity index (χ4v) is 1.57. The van der Waals surface area contributed by atoms with Gasteiger partial charge in [0.05, 0.1) is 6.61 Å². The lowest BCUT2D eigenvalue weighted by molar-refractivity contribution is 0.321. The normalized spacial score (nSPS) is 10.0. The lowest BCUT2D eigenvalue weighted by Crippen LogP contribution is -2.06. The predicted octanol–water partition coefficient (Wildman–Crippen LogP) is 2.80. The standard InChI is InChI=1S/C12H16ClNO/c1-2-3-9-15-12-6-4-5-11(13)10(12)7-8-14/h2,4-6H,1,3,7-9,14H2. The van der Waals surface area contributed by atoms with Crippen molar-refractivity contribution in [1.82, 2.24) is 0 Å². The van der Waals surface area contributed by atoms with E-state index < -0.39 is 0 Å². The van der Waals surface area contributed by atoms with E-state index in [1.165, 1.54) is 0 Å². The van der Waals surface area contributed by atoms with Crippen LogP contribution in [0.4, 0.5) is 0 Å². The number of ether oxygens (including phenoxy) is 1. The molecule has 2 N–H and O–H groups in total. The molecule has 3 heteroatoms. The summed E-state index contributed by atoms with van der Waals surface area (Å²) in [5.41, 5.74) is 6.51. The smallest absolute Gasteiger partial charge is 0.124 e. The molecule has 0 spiro atoms. The van der Waals surface area contributed by atoms with E-state index in [4.69, 9.17) is 22.1 Å². The second-order valence-electron chi connectivity index (χ2n) is 3.18. The Morgan fingerprint density at radius 1 is 1.47 bits per heavy atom. The molecule has 0 amide bonds. The highest BCUT2D eigenvalue weighted by Gasteiger charge is 2.06. The zero-order valence-electron chi connectivity index (χ0n) is 8.71. The summed E-state index contributed by atoms with van der Waals surface area (Å²) in [5, 5.41) is 0.719. The highest BCUT2D eigenvalue weighted by Crippen LogP contribution is 2.26. The lowest BCUT2D eigenvalue weighted by atomic mass is 10.1. The van der Waals surface area contributed by atoms with E-state index in [2.05, 4.69) is 6.58 Å². The molecular weight excluding hydrogens is 210 g/mol. The zero-order valence-corrected chi connectivity index (χ0v) is 9.46. The summed E-state index contributed by atoms with van der Waals surface area (Å²) in [6.45, 7) is 4.84. The number of hydrogen-bond acceptors (Lipinski definition) is 2. The van der Waals surface area contributed by atoms with Gasteiger partial charge in [0.2, 0.25) is 0 Å². The number of hydrogen-bond donors (Lipinski definition) is 1. The molecule has 0 radical (unpaired) electrons. The molecule has 0 heterocycles. The highest BCUT2D eigenvalue weighted by molar-refractivity contribution is 6.31. The van der Waals surface area contributed by atoms with Gasteiger partial charge in [0.1, 0.15) is 5.75 Å². The number of halogens is 1. The van der Waals surface area contributed by atoms with Crippen molar-refractivity contribution in [2.45, 2.75) is 12.8 Å². The quantitative estimate of drug-likeness (QED) is 0.597. The fourth-order valence-electron chi connectivity index (χ4n) is 1.31. The predicted molar refractivity (Wildman–Crippen MR) is 64.5 cm³/mol. The Morgan fingerprint density at radius 2 is 2.27 bits per heavy atom. The number of nitrogens with two attached hydrogens (primary N) is 1. The molecule has 2 nitrogen and oxygen atoms in total. The van der Waals surface area contributed by atoms with Crippen molar-refractivity contribution in [3.05, 3.63) is 41.4 Å². The summed E-state index contributed by atoms with van der Waals surface area (Å²) in [4.78, 5) is 0. The fraction of sp³-hybridized carbons (Fsp3) is 0.333. The van der Waals surface area contributed by atoms with Crippen LogP contribution in [0.2, 0.25) is 5.02 Å². The van der Waals surface area contributed by atoms with E-state index in [-0.39, 0.29) is 0 Å². The summed E-state index contributed by atoms with van der Waals surface area (Å²) >= 11 is 6.07. The van der Waals surface area contributed by atoms with Crippen LogP contribution >= 0.6 is 11.6 Å². The van der Waals surface area contributed by atoms with Gasteiger partial charge in [0, 0.05) is 10.6 Å². The van der Waals surface area contributed by atoms with Crippen LogP contribution in [0.25, 0.3) is 0 Å². The molecule has 0 atom stereocenters. The molecular formula is C12H16ClNO. The molecule has 0 fully saturated rings. The first-order valence-electron chi connectivity index (χ1n) is 5.00. The summed E-state index contributed by atoms with van der Waals surface area (Å²) in [6.07, 6.45) is 3.39. The van der Waals surface area contributed by atoms with Gasteiger partial charge in [-0.15, -0.1) is 6.58 Å². The van der Waals surface area contributed by atoms with Crippen molar-refractivity contribution >= 4 is 11.6 Å². The van der Waals surface area contributed by atoms with Crippen molar-refractivity contribution in [1.29, 1.82) is 0 Å². The molecule has 0 aliphatic carbocycles. The Labute approximate surface area is 95.7 Å². The second-order valence-corrected chi connectivity index (χ2v) is 3.59. The minimum Gasteiger partial charge on any atom is -0.493 e. The molecule has 1 rings (SSSR count). The first-order valence-corrected chi connectivity index (χ1v) is 5.38. The Bertz CT molecular complexity index is 325. The Balaban J connectivity index is 2.75. The molecule has 0 aromatic heterocycles. The van der Waals surface area contributed by atoms with Crippen molar-refractivity contribution in [2.75, 3.05) is 13.2 Å². The van der Waals surface area contributed by atoms with Crippen molar-refractivity contribution in [2.24, 2.45) is 5.73 Å². The van der Waals surface area contributed by atoms with Crippen LogP contribution in [-0.2, 0) is 6.42 Å². The average Bonchev–Trinajstić information content (AvgIpc) is 2.23. The van der Waals surface area contributed by atoms with E-state index >= 15 is 0 Å². The maximum absolute atomic E-state index is 6.07. The van der Waals surface area contributed by atoms with Crippen LogP contribution in [0.5, 0.6) is 5.75 Å². The maximum Gasteiger partial charge on any atom is 0.124 e. The molecule has 15 heavy (non-hydrogen) atoms. The van der Waals surface area contributed by atoms with E-state index in [0.29, 0.717) is 13.2 Å². The molecule has 1 aromatic carbocycles. The van der Waals surface area contributed by atoms with Crippen LogP contribution in [0.1, 0.15) is 12.0 Å².